The second-order valence-electron chi connectivity index (χ2n) is 7.41. The first-order chi connectivity index (χ1) is 14.5. The van der Waals surface area contributed by atoms with E-state index in [2.05, 4.69) is 10.1 Å². The minimum Gasteiger partial charge on any atom is -0.361 e. The Morgan fingerprint density at radius 2 is 1.80 bits per heavy atom. The average Bonchev–Trinajstić information content (AvgIpc) is 3.38. The molecule has 1 unspecified atom stereocenters. The first kappa shape index (κ1) is 20.2. The third kappa shape index (κ3) is 4.11. The molecule has 4 aromatic rings. The van der Waals surface area contributed by atoms with Crippen LogP contribution in [0.1, 0.15) is 37.5 Å². The summed E-state index contributed by atoms with van der Waals surface area (Å²) in [6.45, 7) is -0.00864. The van der Waals surface area contributed by atoms with Crippen LogP contribution < -0.4 is 0 Å². The number of hydrogen-bond donors (Lipinski definition) is 0. The average molecular weight is 410 g/mol. The summed E-state index contributed by atoms with van der Waals surface area (Å²) >= 11 is 0. The van der Waals surface area contributed by atoms with Crippen molar-refractivity contribution < 1.29 is 13.3 Å². The molecule has 0 spiro atoms. The van der Waals surface area contributed by atoms with E-state index in [-0.39, 0.29) is 6.04 Å². The van der Waals surface area contributed by atoms with Crippen LogP contribution in [0.3, 0.4) is 0 Å². The van der Waals surface area contributed by atoms with E-state index in [9.17, 15) is 8.78 Å². The van der Waals surface area contributed by atoms with Crippen molar-refractivity contribution in [3.05, 3.63) is 72.2 Å². The lowest BCUT2D eigenvalue weighted by Gasteiger charge is -2.24. The largest absolute Gasteiger partial charge is 0.361 e. The van der Waals surface area contributed by atoms with Gasteiger partial charge in [0.25, 0.3) is 0 Å². The number of halogens is 2. The molecule has 7 heteroatoms. The lowest BCUT2D eigenvalue weighted by molar-refractivity contribution is 0.0660. The predicted octanol–water partition coefficient (Wildman–Crippen LogP) is 5.71. The maximum absolute atomic E-state index is 13.7. The van der Waals surface area contributed by atoms with Gasteiger partial charge < -0.3 is 4.52 Å². The highest BCUT2D eigenvalue weighted by Crippen LogP contribution is 2.29. The van der Waals surface area contributed by atoms with E-state index in [1.807, 2.05) is 61.3 Å². The van der Waals surface area contributed by atoms with Crippen LogP contribution in [0.2, 0.25) is 0 Å². The van der Waals surface area contributed by atoms with E-state index in [0.29, 0.717) is 16.9 Å². The van der Waals surface area contributed by atoms with Gasteiger partial charge in [-0.1, -0.05) is 47.6 Å². The minimum absolute atomic E-state index is 0.249. The van der Waals surface area contributed by atoms with Crippen molar-refractivity contribution in [2.45, 2.75) is 32.4 Å². The van der Waals surface area contributed by atoms with Gasteiger partial charge in [-0.15, -0.1) is 0 Å². The highest BCUT2D eigenvalue weighted by molar-refractivity contribution is 5.76. The highest BCUT2D eigenvalue weighted by atomic mass is 19.3. The maximum atomic E-state index is 13.7. The molecule has 0 aliphatic rings. The summed E-state index contributed by atoms with van der Waals surface area (Å²) in [5, 5.41) is 4.14. The van der Waals surface area contributed by atoms with Gasteiger partial charge in [0.1, 0.15) is 17.3 Å². The molecule has 0 aliphatic carbocycles. The zero-order valence-corrected chi connectivity index (χ0v) is 17.0. The number of imidazole rings is 1. The van der Waals surface area contributed by atoms with Gasteiger partial charge in [-0.05, 0) is 39.1 Å². The van der Waals surface area contributed by atoms with Gasteiger partial charge in [0, 0.05) is 18.1 Å². The van der Waals surface area contributed by atoms with Crippen LogP contribution in [0.5, 0.6) is 0 Å². The van der Waals surface area contributed by atoms with E-state index in [0.717, 1.165) is 41.0 Å². The molecule has 0 N–H and O–H groups in total. The zero-order chi connectivity index (χ0) is 21.1. The highest BCUT2D eigenvalue weighted by Gasteiger charge is 2.24. The molecule has 1 atom stereocenters. The van der Waals surface area contributed by atoms with E-state index >= 15 is 0 Å². The molecular weight excluding hydrogens is 386 g/mol. The molecule has 2 heterocycles. The number of alkyl halides is 2. The second-order valence-corrected chi connectivity index (χ2v) is 7.41. The number of aryl methyl sites for hydroxylation is 1. The first-order valence-electron chi connectivity index (χ1n) is 10.0. The SMILES string of the molecule is CC(c1nc2ccccc2n1C(F)F)N(C)CCCc1cc(-c2ccccc2)no1. The Hall–Kier alpha value is -3.06. The second kappa shape index (κ2) is 8.75. The van der Waals surface area contributed by atoms with Gasteiger partial charge in [-0.25, -0.2) is 4.98 Å². The Labute approximate surface area is 173 Å². The summed E-state index contributed by atoms with van der Waals surface area (Å²) in [6.07, 6.45) is 1.54. The molecular formula is C23H24F2N4O. The normalized spacial score (nSPS) is 12.9. The van der Waals surface area contributed by atoms with Crippen LogP contribution in [0.25, 0.3) is 22.3 Å². The van der Waals surface area contributed by atoms with Crippen molar-refractivity contribution in [1.82, 2.24) is 19.6 Å². The van der Waals surface area contributed by atoms with Crippen molar-refractivity contribution in [3.63, 3.8) is 0 Å². The number of para-hydroxylation sites is 2. The van der Waals surface area contributed by atoms with Gasteiger partial charge in [0.2, 0.25) is 0 Å². The first-order valence-corrected chi connectivity index (χ1v) is 10.0. The van der Waals surface area contributed by atoms with Gasteiger partial charge in [-0.2, -0.15) is 8.78 Å². The van der Waals surface area contributed by atoms with Crippen LogP contribution in [0.4, 0.5) is 8.78 Å². The van der Waals surface area contributed by atoms with Gasteiger partial charge >= 0.3 is 6.55 Å². The van der Waals surface area contributed by atoms with Crippen molar-refractivity contribution in [2.75, 3.05) is 13.6 Å². The summed E-state index contributed by atoms with van der Waals surface area (Å²) in [7, 11) is 1.93. The van der Waals surface area contributed by atoms with Gasteiger partial charge in [0.05, 0.1) is 17.1 Å². The van der Waals surface area contributed by atoms with Gasteiger partial charge in [-0.3, -0.25) is 9.47 Å². The van der Waals surface area contributed by atoms with Crippen LogP contribution >= 0.6 is 0 Å². The molecule has 30 heavy (non-hydrogen) atoms. The van der Waals surface area contributed by atoms with Crippen LogP contribution in [-0.2, 0) is 6.42 Å². The molecule has 0 radical (unpaired) electrons. The molecule has 0 saturated heterocycles. The number of nitrogens with zero attached hydrogens (tertiary/aromatic N) is 4. The lowest BCUT2D eigenvalue weighted by atomic mass is 10.1. The summed E-state index contributed by atoms with van der Waals surface area (Å²) in [5.74, 6) is 1.19. The molecule has 2 aromatic carbocycles. The molecule has 2 aromatic heterocycles. The van der Waals surface area contributed by atoms with E-state index in [1.54, 1.807) is 18.2 Å². The van der Waals surface area contributed by atoms with Gasteiger partial charge in [0.15, 0.2) is 0 Å². The van der Waals surface area contributed by atoms with Crippen molar-refractivity contribution in [3.8, 4) is 11.3 Å². The molecule has 4 rings (SSSR count). The van der Waals surface area contributed by atoms with Crippen molar-refractivity contribution in [1.29, 1.82) is 0 Å². The summed E-state index contributed by atoms with van der Waals surface area (Å²) in [4.78, 5) is 6.51. The third-order valence-electron chi connectivity index (χ3n) is 5.42. The summed E-state index contributed by atoms with van der Waals surface area (Å²) in [5.41, 5.74) is 2.88. The van der Waals surface area contributed by atoms with E-state index in [1.165, 1.54) is 0 Å². The Morgan fingerprint density at radius 1 is 1.07 bits per heavy atom. The molecule has 0 saturated carbocycles. The predicted molar refractivity (Wildman–Crippen MR) is 112 cm³/mol. The Bertz CT molecular complexity index is 1110. The van der Waals surface area contributed by atoms with Crippen molar-refractivity contribution >= 4 is 11.0 Å². The molecule has 156 valence electrons. The maximum Gasteiger partial charge on any atom is 0.320 e. The fourth-order valence-electron chi connectivity index (χ4n) is 3.63. The van der Waals surface area contributed by atoms with Crippen LogP contribution in [0, 0.1) is 0 Å². The molecule has 0 amide bonds. The molecule has 0 bridgehead atoms. The standard InChI is InChI=1S/C23H24F2N4O/c1-16(22-26-19-12-6-7-13-21(19)29(22)23(24)25)28(2)14-8-11-18-15-20(27-30-18)17-9-4-3-5-10-17/h3-7,9-10,12-13,15-16,23H,8,11,14H2,1-2H3. The van der Waals surface area contributed by atoms with Crippen molar-refractivity contribution in [2.24, 2.45) is 0 Å². The summed E-state index contributed by atoms with van der Waals surface area (Å²) < 4.78 is 33.9. The molecule has 0 fully saturated rings. The number of benzene rings is 2. The fourth-order valence-corrected chi connectivity index (χ4v) is 3.63. The third-order valence-corrected chi connectivity index (χ3v) is 5.42. The topological polar surface area (TPSA) is 47.1 Å². The zero-order valence-electron chi connectivity index (χ0n) is 17.0. The lowest BCUT2D eigenvalue weighted by Crippen LogP contribution is -2.26. The quantitative estimate of drug-likeness (QED) is 0.373. The smallest absolute Gasteiger partial charge is 0.320 e. The Kier molecular flexibility index (Phi) is 5.90. The number of hydrogen-bond acceptors (Lipinski definition) is 4. The monoisotopic (exact) mass is 410 g/mol. The Balaban J connectivity index is 1.40. The van der Waals surface area contributed by atoms with Crippen LogP contribution in [0.15, 0.2) is 65.2 Å². The summed E-state index contributed by atoms with van der Waals surface area (Å²) in [6, 6.07) is 18.6. The van der Waals surface area contributed by atoms with E-state index in [4.69, 9.17) is 4.52 Å². The number of rotatable bonds is 8. The molecule has 5 nitrogen and oxygen atoms in total. The van der Waals surface area contributed by atoms with E-state index < -0.39 is 6.55 Å². The fraction of sp³-hybridized carbons (Fsp3) is 0.304. The Morgan fingerprint density at radius 3 is 2.57 bits per heavy atom. The minimum atomic E-state index is -2.63. The number of fused-ring (bicyclic) bond motifs is 1. The molecule has 0 aliphatic heterocycles. The van der Waals surface area contributed by atoms with Crippen LogP contribution in [-0.4, -0.2) is 33.2 Å². The number of aromatic nitrogens is 3.